The molecule has 0 aromatic carbocycles. The minimum absolute atomic E-state index is 0.393. The Morgan fingerprint density at radius 1 is 0.667 bits per heavy atom. The maximum absolute atomic E-state index is 6.29. The molecule has 0 amide bonds. The van der Waals surface area contributed by atoms with Crippen molar-refractivity contribution in [2.75, 3.05) is 67.5 Å². The molecule has 0 unspecified atom stereocenters. The van der Waals surface area contributed by atoms with Crippen molar-refractivity contribution < 1.29 is 4.43 Å². The lowest BCUT2D eigenvalue weighted by Gasteiger charge is -2.43. The summed E-state index contributed by atoms with van der Waals surface area (Å²) in [6.07, 6.45) is 3.89. The molecule has 0 aromatic heterocycles. The van der Waals surface area contributed by atoms with Gasteiger partial charge in [0.15, 0.2) is 8.32 Å². The van der Waals surface area contributed by atoms with E-state index in [2.05, 4.69) is 70.5 Å². The monoisotopic (exact) mass is 401 g/mol. The van der Waals surface area contributed by atoms with Crippen LogP contribution in [0.3, 0.4) is 0 Å². The molecule has 5 heteroatoms. The van der Waals surface area contributed by atoms with Crippen LogP contribution in [0.4, 0.5) is 0 Å². The second-order valence-electron chi connectivity index (χ2n) is 8.71. The maximum atomic E-state index is 6.29. The summed E-state index contributed by atoms with van der Waals surface area (Å²) in [6.45, 7) is 18.5. The predicted molar refractivity (Wildman–Crippen MR) is 124 cm³/mol. The highest BCUT2D eigenvalue weighted by Gasteiger charge is 2.41. The second kappa shape index (κ2) is 14.1. The zero-order valence-corrected chi connectivity index (χ0v) is 21.2. The average molecular weight is 402 g/mol. The first-order valence-electron chi connectivity index (χ1n) is 11.4. The Kier molecular flexibility index (Phi) is 14.1. The molecule has 0 fully saturated rings. The Labute approximate surface area is 172 Å². The molecule has 0 atom stereocenters. The van der Waals surface area contributed by atoms with E-state index in [0.29, 0.717) is 5.41 Å². The SMILES string of the molecule is CCN(C)CCC(CCN(C)CC)(CCN(C)CC)C[Si](CC)(CC)OC. The minimum atomic E-state index is -1.65. The Hall–Kier alpha value is 0.0569. The molecule has 0 N–H and O–H groups in total. The van der Waals surface area contributed by atoms with Crippen molar-refractivity contribution in [3.05, 3.63) is 0 Å². The topological polar surface area (TPSA) is 19.0 Å². The van der Waals surface area contributed by atoms with Crippen molar-refractivity contribution in [3.8, 4) is 0 Å². The van der Waals surface area contributed by atoms with Crippen LogP contribution >= 0.6 is 0 Å². The van der Waals surface area contributed by atoms with E-state index in [1.54, 1.807) is 0 Å². The Bertz CT molecular complexity index is 319. The van der Waals surface area contributed by atoms with E-state index >= 15 is 0 Å². The third-order valence-corrected chi connectivity index (χ3v) is 11.9. The molecule has 0 rings (SSSR count). The summed E-state index contributed by atoms with van der Waals surface area (Å²) < 4.78 is 6.29. The van der Waals surface area contributed by atoms with E-state index in [0.717, 1.165) is 19.6 Å². The first-order valence-corrected chi connectivity index (χ1v) is 13.9. The number of rotatable bonds is 17. The number of hydrogen-bond donors (Lipinski definition) is 0. The van der Waals surface area contributed by atoms with Crippen LogP contribution in [0.2, 0.25) is 18.1 Å². The maximum Gasteiger partial charge on any atom is 0.192 e. The normalized spacial score (nSPS) is 13.3. The van der Waals surface area contributed by atoms with Crippen LogP contribution in [0.5, 0.6) is 0 Å². The lowest BCUT2D eigenvalue weighted by molar-refractivity contribution is 0.153. The van der Waals surface area contributed by atoms with Gasteiger partial charge in [-0.3, -0.25) is 0 Å². The van der Waals surface area contributed by atoms with E-state index in [-0.39, 0.29) is 0 Å². The second-order valence-corrected chi connectivity index (χ2v) is 13.3. The zero-order chi connectivity index (χ0) is 20.9. The first-order chi connectivity index (χ1) is 12.8. The van der Waals surface area contributed by atoms with Gasteiger partial charge < -0.3 is 19.1 Å². The van der Waals surface area contributed by atoms with Gasteiger partial charge in [0.2, 0.25) is 0 Å². The summed E-state index contributed by atoms with van der Waals surface area (Å²) in [5, 5.41) is 0. The van der Waals surface area contributed by atoms with E-state index in [1.807, 2.05) is 7.11 Å². The van der Waals surface area contributed by atoms with Crippen LogP contribution in [0.15, 0.2) is 0 Å². The molecular weight excluding hydrogens is 350 g/mol. The fourth-order valence-corrected chi connectivity index (χ4v) is 7.56. The summed E-state index contributed by atoms with van der Waals surface area (Å²) in [5.41, 5.74) is 0.393. The molecule has 4 nitrogen and oxygen atoms in total. The summed E-state index contributed by atoms with van der Waals surface area (Å²) in [7, 11) is 7.13. The van der Waals surface area contributed by atoms with E-state index in [1.165, 1.54) is 57.0 Å². The molecule has 0 saturated carbocycles. The van der Waals surface area contributed by atoms with E-state index < -0.39 is 8.32 Å². The van der Waals surface area contributed by atoms with Crippen LogP contribution < -0.4 is 0 Å². The molecule has 27 heavy (non-hydrogen) atoms. The van der Waals surface area contributed by atoms with E-state index in [9.17, 15) is 0 Å². The van der Waals surface area contributed by atoms with Gasteiger partial charge in [0.25, 0.3) is 0 Å². The fraction of sp³-hybridized carbons (Fsp3) is 1.00. The van der Waals surface area contributed by atoms with Crippen molar-refractivity contribution in [2.45, 2.75) is 72.0 Å². The van der Waals surface area contributed by atoms with Gasteiger partial charge in [-0.1, -0.05) is 34.6 Å². The average Bonchev–Trinajstić information content (AvgIpc) is 2.71. The smallest absolute Gasteiger partial charge is 0.192 e. The van der Waals surface area contributed by atoms with Crippen LogP contribution in [0.1, 0.15) is 53.9 Å². The van der Waals surface area contributed by atoms with Crippen molar-refractivity contribution >= 4 is 8.32 Å². The van der Waals surface area contributed by atoms with Gasteiger partial charge in [0.05, 0.1) is 0 Å². The molecule has 164 valence electrons. The summed E-state index contributed by atoms with van der Waals surface area (Å²) in [6, 6.07) is 3.79. The third-order valence-electron chi connectivity index (χ3n) is 7.11. The van der Waals surface area contributed by atoms with Crippen LogP contribution in [-0.4, -0.2) is 90.5 Å². The fourth-order valence-electron chi connectivity index (χ4n) is 3.94. The molecule has 0 aliphatic rings. The van der Waals surface area contributed by atoms with Gasteiger partial charge in [-0.15, -0.1) is 0 Å². The Morgan fingerprint density at radius 2 is 1.00 bits per heavy atom. The molecule has 0 aliphatic carbocycles. The molecule has 0 spiro atoms. The van der Waals surface area contributed by atoms with Gasteiger partial charge in [-0.25, -0.2) is 0 Å². The van der Waals surface area contributed by atoms with Crippen molar-refractivity contribution in [3.63, 3.8) is 0 Å². The van der Waals surface area contributed by atoms with Crippen LogP contribution in [-0.2, 0) is 4.43 Å². The van der Waals surface area contributed by atoms with Gasteiger partial charge in [-0.2, -0.15) is 0 Å². The summed E-state index contributed by atoms with van der Waals surface area (Å²) in [5.74, 6) is 0. The summed E-state index contributed by atoms with van der Waals surface area (Å²) in [4.78, 5) is 7.45. The molecule has 0 bridgehead atoms. The standard InChI is InChI=1S/C22H51N3OSi/c1-10-23(6)18-15-22(16-19-24(7)11-2,17-20-25(8)12-3)21-27(13-4,14-5)26-9/h10-21H2,1-9H3. The Balaban J connectivity index is 5.62. The highest BCUT2D eigenvalue weighted by molar-refractivity contribution is 6.73. The van der Waals surface area contributed by atoms with Crippen molar-refractivity contribution in [1.29, 1.82) is 0 Å². The van der Waals surface area contributed by atoms with Crippen molar-refractivity contribution in [2.24, 2.45) is 5.41 Å². The van der Waals surface area contributed by atoms with Crippen LogP contribution in [0.25, 0.3) is 0 Å². The Morgan fingerprint density at radius 3 is 1.22 bits per heavy atom. The zero-order valence-electron chi connectivity index (χ0n) is 20.2. The van der Waals surface area contributed by atoms with Gasteiger partial charge in [0, 0.05) is 7.11 Å². The number of hydrogen-bond acceptors (Lipinski definition) is 4. The van der Waals surface area contributed by atoms with Crippen molar-refractivity contribution in [1.82, 2.24) is 14.7 Å². The lowest BCUT2D eigenvalue weighted by atomic mass is 9.79. The van der Waals surface area contributed by atoms with E-state index in [4.69, 9.17) is 4.43 Å². The molecule has 0 aromatic rings. The molecule has 0 saturated heterocycles. The largest absolute Gasteiger partial charge is 0.420 e. The van der Waals surface area contributed by atoms with Gasteiger partial charge in [0.1, 0.15) is 0 Å². The minimum Gasteiger partial charge on any atom is -0.420 e. The summed E-state index contributed by atoms with van der Waals surface area (Å²) >= 11 is 0. The molecule has 0 heterocycles. The highest BCUT2D eigenvalue weighted by atomic mass is 28.4. The van der Waals surface area contributed by atoms with Crippen LogP contribution in [0, 0.1) is 5.41 Å². The third kappa shape index (κ3) is 9.89. The molecule has 0 radical (unpaired) electrons. The van der Waals surface area contributed by atoms with Gasteiger partial charge >= 0.3 is 0 Å². The molecular formula is C22H51N3OSi. The predicted octanol–water partition coefficient (Wildman–Crippen LogP) is 4.63. The number of nitrogens with zero attached hydrogens (tertiary/aromatic N) is 3. The quantitative estimate of drug-likeness (QED) is 0.331. The lowest BCUT2D eigenvalue weighted by Crippen LogP contribution is -2.45. The first kappa shape index (κ1) is 27.1. The highest BCUT2D eigenvalue weighted by Crippen LogP contribution is 2.43. The molecule has 0 aliphatic heterocycles. The van der Waals surface area contributed by atoms with Gasteiger partial charge in [-0.05, 0) is 103 Å².